The van der Waals surface area contributed by atoms with E-state index in [0.29, 0.717) is 28.2 Å². The van der Waals surface area contributed by atoms with Gasteiger partial charge in [0.1, 0.15) is 28.2 Å². The predicted octanol–water partition coefficient (Wildman–Crippen LogP) is 3.01. The molecule has 23 heavy (non-hydrogen) atoms. The Morgan fingerprint density at radius 1 is 1.09 bits per heavy atom. The number of hydrogen-bond donors (Lipinski definition) is 2. The summed E-state index contributed by atoms with van der Waals surface area (Å²) in [4.78, 5) is 1.41. The van der Waals surface area contributed by atoms with Crippen LogP contribution in [-0.4, -0.2) is 27.2 Å². The number of anilines is 1. The number of methoxy groups -OCH3 is 1. The van der Waals surface area contributed by atoms with Crippen LogP contribution in [0.3, 0.4) is 0 Å². The minimum absolute atomic E-state index is 0.145. The molecule has 0 aliphatic rings. The van der Waals surface area contributed by atoms with Gasteiger partial charge in [-0.2, -0.15) is 0 Å². The smallest absolute Gasteiger partial charge is 0.147 e. The lowest BCUT2D eigenvalue weighted by Crippen LogP contribution is -2.13. The van der Waals surface area contributed by atoms with Crippen molar-refractivity contribution in [3.63, 3.8) is 0 Å². The second-order valence-electron chi connectivity index (χ2n) is 6.53. The predicted molar refractivity (Wildman–Crippen MR) is 90.2 cm³/mol. The summed E-state index contributed by atoms with van der Waals surface area (Å²) in [5.74, 6) is 0.787. The van der Waals surface area contributed by atoms with Crippen molar-refractivity contribution < 1.29 is 9.84 Å². The van der Waals surface area contributed by atoms with Crippen molar-refractivity contribution in [1.29, 1.82) is 0 Å². The van der Waals surface area contributed by atoms with E-state index in [1.54, 1.807) is 31.4 Å². The zero-order valence-electron chi connectivity index (χ0n) is 13.7. The highest BCUT2D eigenvalue weighted by Gasteiger charge is 2.23. The number of nitrogens with two attached hydrogens (primary N) is 1. The van der Waals surface area contributed by atoms with Gasteiger partial charge < -0.3 is 15.6 Å². The molecule has 0 saturated carbocycles. The highest BCUT2D eigenvalue weighted by molar-refractivity contribution is 5.78. The van der Waals surface area contributed by atoms with E-state index in [0.717, 1.165) is 5.56 Å². The number of rotatable bonds is 2. The average molecular weight is 312 g/mol. The van der Waals surface area contributed by atoms with Crippen molar-refractivity contribution in [3.8, 4) is 17.2 Å². The maximum Gasteiger partial charge on any atom is 0.147 e. The molecule has 0 fully saturated rings. The molecule has 2 aromatic carbocycles. The normalized spacial score (nSPS) is 11.8. The molecule has 6 heteroatoms. The number of benzene rings is 2. The number of aromatic hydroxyl groups is 1. The van der Waals surface area contributed by atoms with E-state index in [4.69, 9.17) is 10.5 Å². The fourth-order valence-electron chi connectivity index (χ4n) is 2.47. The van der Waals surface area contributed by atoms with E-state index >= 15 is 0 Å². The standard InChI is InChI=1S/C17H20N4O2/c1-17(2,3)12-8-11(23-4)9-15(16(12)22)21-19-13-6-5-10(18)7-14(13)20-21/h5-9,22H,18H2,1-4H3. The third-order valence-electron chi connectivity index (χ3n) is 3.73. The van der Waals surface area contributed by atoms with Gasteiger partial charge in [0.05, 0.1) is 7.11 Å². The summed E-state index contributed by atoms with van der Waals surface area (Å²) >= 11 is 0. The summed E-state index contributed by atoms with van der Waals surface area (Å²) in [6.07, 6.45) is 0. The number of fused-ring (bicyclic) bond motifs is 1. The fourth-order valence-corrected chi connectivity index (χ4v) is 2.47. The molecule has 0 unspecified atom stereocenters. The van der Waals surface area contributed by atoms with Gasteiger partial charge in [0.25, 0.3) is 0 Å². The number of nitrogens with zero attached hydrogens (tertiary/aromatic N) is 3. The summed E-state index contributed by atoms with van der Waals surface area (Å²) in [5, 5.41) is 19.5. The molecule has 0 saturated heterocycles. The second-order valence-corrected chi connectivity index (χ2v) is 6.53. The molecule has 120 valence electrons. The van der Waals surface area contributed by atoms with Gasteiger partial charge in [-0.15, -0.1) is 15.0 Å². The lowest BCUT2D eigenvalue weighted by molar-refractivity contribution is 0.403. The molecule has 0 atom stereocenters. The average Bonchev–Trinajstić information content (AvgIpc) is 2.89. The molecule has 0 bridgehead atoms. The number of phenols is 1. The second kappa shape index (κ2) is 5.15. The molecular formula is C17H20N4O2. The van der Waals surface area contributed by atoms with E-state index in [1.165, 1.54) is 4.80 Å². The van der Waals surface area contributed by atoms with Crippen molar-refractivity contribution >= 4 is 16.7 Å². The third-order valence-corrected chi connectivity index (χ3v) is 3.73. The van der Waals surface area contributed by atoms with Crippen LogP contribution in [0.5, 0.6) is 11.5 Å². The Bertz CT molecular complexity index is 878. The molecule has 1 aromatic heterocycles. The van der Waals surface area contributed by atoms with Crippen LogP contribution in [0.4, 0.5) is 5.69 Å². The number of phenolic OH excluding ortho intramolecular Hbond substituents is 1. The summed E-state index contributed by atoms with van der Waals surface area (Å²) in [7, 11) is 1.59. The zero-order chi connectivity index (χ0) is 16.8. The van der Waals surface area contributed by atoms with Crippen LogP contribution in [0.25, 0.3) is 16.7 Å². The van der Waals surface area contributed by atoms with Gasteiger partial charge in [0, 0.05) is 17.3 Å². The summed E-state index contributed by atoms with van der Waals surface area (Å²) < 4.78 is 5.36. The highest BCUT2D eigenvalue weighted by Crippen LogP contribution is 2.38. The lowest BCUT2D eigenvalue weighted by atomic mass is 9.86. The van der Waals surface area contributed by atoms with Crippen LogP contribution in [0.15, 0.2) is 30.3 Å². The summed E-state index contributed by atoms with van der Waals surface area (Å²) in [6, 6.07) is 8.87. The SMILES string of the molecule is COc1cc(-n2nc3ccc(N)cc3n2)c(O)c(C(C)(C)C)c1. The molecule has 3 aromatic rings. The maximum atomic E-state index is 10.7. The largest absolute Gasteiger partial charge is 0.505 e. The Labute approximate surface area is 134 Å². The van der Waals surface area contributed by atoms with Gasteiger partial charge in [0.2, 0.25) is 0 Å². The van der Waals surface area contributed by atoms with Crippen molar-refractivity contribution in [2.75, 3.05) is 12.8 Å². The molecule has 0 radical (unpaired) electrons. The van der Waals surface area contributed by atoms with Crippen molar-refractivity contribution in [1.82, 2.24) is 15.0 Å². The van der Waals surface area contributed by atoms with Gasteiger partial charge in [-0.3, -0.25) is 0 Å². The maximum absolute atomic E-state index is 10.7. The molecule has 0 spiro atoms. The Balaban J connectivity index is 2.24. The first-order valence-electron chi connectivity index (χ1n) is 7.34. The van der Waals surface area contributed by atoms with Crippen LogP contribution >= 0.6 is 0 Å². The highest BCUT2D eigenvalue weighted by atomic mass is 16.5. The molecule has 0 aliphatic heterocycles. The molecule has 6 nitrogen and oxygen atoms in total. The lowest BCUT2D eigenvalue weighted by Gasteiger charge is -2.22. The summed E-state index contributed by atoms with van der Waals surface area (Å²) in [5.41, 5.74) is 8.78. The molecule has 3 N–H and O–H groups in total. The Morgan fingerprint density at radius 2 is 1.78 bits per heavy atom. The molecule has 0 amide bonds. The summed E-state index contributed by atoms with van der Waals surface area (Å²) in [6.45, 7) is 6.08. The Hall–Kier alpha value is -2.76. The first kappa shape index (κ1) is 15.1. The minimum Gasteiger partial charge on any atom is -0.505 e. The molecular weight excluding hydrogens is 292 g/mol. The van der Waals surface area contributed by atoms with E-state index in [9.17, 15) is 5.11 Å². The topological polar surface area (TPSA) is 86.2 Å². The van der Waals surface area contributed by atoms with Gasteiger partial charge in [-0.05, 0) is 29.7 Å². The molecule has 1 heterocycles. The van der Waals surface area contributed by atoms with Crippen molar-refractivity contribution in [2.24, 2.45) is 0 Å². The quantitative estimate of drug-likeness (QED) is 0.710. The van der Waals surface area contributed by atoms with Gasteiger partial charge in [-0.1, -0.05) is 20.8 Å². The van der Waals surface area contributed by atoms with Crippen LogP contribution in [-0.2, 0) is 5.41 Å². The van der Waals surface area contributed by atoms with E-state index < -0.39 is 0 Å². The van der Waals surface area contributed by atoms with Crippen LogP contribution < -0.4 is 10.5 Å². The zero-order valence-corrected chi connectivity index (χ0v) is 13.7. The number of nitrogen functional groups attached to an aromatic ring is 1. The Morgan fingerprint density at radius 3 is 2.43 bits per heavy atom. The van der Waals surface area contributed by atoms with Crippen molar-refractivity contribution in [3.05, 3.63) is 35.9 Å². The number of aromatic nitrogens is 3. The van der Waals surface area contributed by atoms with E-state index in [2.05, 4.69) is 10.2 Å². The molecule has 3 rings (SSSR count). The monoisotopic (exact) mass is 312 g/mol. The van der Waals surface area contributed by atoms with Gasteiger partial charge >= 0.3 is 0 Å². The first-order chi connectivity index (χ1) is 10.8. The molecule has 0 aliphatic carbocycles. The van der Waals surface area contributed by atoms with Gasteiger partial charge in [-0.25, -0.2) is 0 Å². The number of ether oxygens (including phenoxy) is 1. The van der Waals surface area contributed by atoms with Crippen LogP contribution in [0, 0.1) is 0 Å². The van der Waals surface area contributed by atoms with Crippen molar-refractivity contribution in [2.45, 2.75) is 26.2 Å². The first-order valence-corrected chi connectivity index (χ1v) is 7.34. The van der Waals surface area contributed by atoms with E-state index in [1.807, 2.05) is 26.8 Å². The van der Waals surface area contributed by atoms with Gasteiger partial charge in [0.15, 0.2) is 0 Å². The fraction of sp³-hybridized carbons (Fsp3) is 0.294. The third kappa shape index (κ3) is 2.67. The Kier molecular flexibility index (Phi) is 3.39. The minimum atomic E-state index is -0.246. The number of hydrogen-bond acceptors (Lipinski definition) is 5. The van der Waals surface area contributed by atoms with E-state index in [-0.39, 0.29) is 11.2 Å². The van der Waals surface area contributed by atoms with Crippen LogP contribution in [0.1, 0.15) is 26.3 Å². The van der Waals surface area contributed by atoms with Crippen LogP contribution in [0.2, 0.25) is 0 Å².